The highest BCUT2D eigenvalue weighted by Gasteiger charge is 2.44. The molecule has 1 aliphatic heterocycles. The first-order valence-electron chi connectivity index (χ1n) is 12.0. The lowest BCUT2D eigenvalue weighted by Crippen LogP contribution is -2.36. The normalized spacial score (nSPS) is 18.8. The van der Waals surface area contributed by atoms with Gasteiger partial charge in [-0.25, -0.2) is 0 Å². The molecule has 0 unspecified atom stereocenters. The minimum absolute atomic E-state index is 0.00194. The van der Waals surface area contributed by atoms with Crippen molar-refractivity contribution in [1.82, 2.24) is 4.90 Å². The van der Waals surface area contributed by atoms with Gasteiger partial charge < -0.3 is 4.90 Å². The predicted molar refractivity (Wildman–Crippen MR) is 153 cm³/mol. The third kappa shape index (κ3) is 9.57. The molecule has 18 heteroatoms. The van der Waals surface area contributed by atoms with Crippen molar-refractivity contribution in [2.45, 2.75) is 44.6 Å². The fourth-order valence-corrected chi connectivity index (χ4v) is 6.17. The van der Waals surface area contributed by atoms with Gasteiger partial charge in [-0.1, -0.05) is 87.8 Å². The van der Waals surface area contributed by atoms with Crippen LogP contribution in [0.5, 0.6) is 0 Å². The van der Waals surface area contributed by atoms with Gasteiger partial charge in [0.15, 0.2) is 0 Å². The molecular formula is C25H21Cl6F6NO4S. The number of carbonyl (C=O) groups is 1. The van der Waals surface area contributed by atoms with Crippen LogP contribution in [0.4, 0.5) is 26.3 Å². The second-order valence-electron chi connectivity index (χ2n) is 9.97. The molecule has 1 heterocycles. The van der Waals surface area contributed by atoms with Crippen LogP contribution >= 0.6 is 69.6 Å². The summed E-state index contributed by atoms with van der Waals surface area (Å²) in [6.45, 7) is -0.451. The average molecular weight is 758 g/mol. The van der Waals surface area contributed by atoms with E-state index >= 15 is 0 Å². The first-order chi connectivity index (χ1) is 19.3. The first kappa shape index (κ1) is 36.6. The van der Waals surface area contributed by atoms with Gasteiger partial charge in [-0.05, 0) is 42.2 Å². The maximum absolute atomic E-state index is 13.3. The van der Waals surface area contributed by atoms with Crippen LogP contribution in [0.25, 0.3) is 0 Å². The lowest BCUT2D eigenvalue weighted by molar-refractivity contribution is -0.143. The van der Waals surface area contributed by atoms with Crippen molar-refractivity contribution in [3.8, 4) is 0 Å². The Morgan fingerprint density at radius 1 is 0.884 bits per heavy atom. The van der Waals surface area contributed by atoms with E-state index in [1.165, 1.54) is 23.1 Å². The summed E-state index contributed by atoms with van der Waals surface area (Å²) >= 11 is 36.6. The van der Waals surface area contributed by atoms with Crippen LogP contribution in [0, 0.1) is 0 Å². The van der Waals surface area contributed by atoms with Crippen LogP contribution < -0.4 is 0 Å². The van der Waals surface area contributed by atoms with E-state index < -0.39 is 64.5 Å². The predicted octanol–water partition coefficient (Wildman–Crippen LogP) is 8.46. The molecule has 240 valence electrons. The van der Waals surface area contributed by atoms with E-state index in [2.05, 4.69) is 0 Å². The molecule has 43 heavy (non-hydrogen) atoms. The van der Waals surface area contributed by atoms with Gasteiger partial charge in [0.25, 0.3) is 10.1 Å². The van der Waals surface area contributed by atoms with E-state index in [1.807, 2.05) is 0 Å². The van der Waals surface area contributed by atoms with Crippen molar-refractivity contribution in [2.75, 3.05) is 26.0 Å². The Bertz CT molecular complexity index is 1440. The molecular weight excluding hydrogens is 737 g/mol. The average Bonchev–Trinajstić information content (AvgIpc) is 3.26. The van der Waals surface area contributed by atoms with Gasteiger partial charge in [0, 0.05) is 29.6 Å². The fraction of sp³-hybridized carbons (Fsp3) is 0.480. The summed E-state index contributed by atoms with van der Waals surface area (Å²) in [6.07, 6.45) is -9.92. The lowest BCUT2D eigenvalue weighted by atomic mass is 9.76. The van der Waals surface area contributed by atoms with E-state index in [0.717, 1.165) is 6.26 Å². The highest BCUT2D eigenvalue weighted by atomic mass is 35.6. The smallest absolute Gasteiger partial charge is 0.341 e. The summed E-state index contributed by atoms with van der Waals surface area (Å²) in [5.41, 5.74) is -4.21. The maximum Gasteiger partial charge on any atom is 0.416 e. The Hall–Kier alpha value is -0.860. The summed E-state index contributed by atoms with van der Waals surface area (Å²) in [4.78, 5) is 14.5. The highest BCUT2D eigenvalue weighted by molar-refractivity contribution is 7.85. The van der Waals surface area contributed by atoms with Crippen molar-refractivity contribution in [3.63, 3.8) is 0 Å². The molecule has 0 N–H and O–H groups in total. The molecule has 2 aromatic rings. The van der Waals surface area contributed by atoms with Crippen molar-refractivity contribution in [1.29, 1.82) is 0 Å². The monoisotopic (exact) mass is 755 g/mol. The zero-order valence-electron chi connectivity index (χ0n) is 21.7. The van der Waals surface area contributed by atoms with E-state index in [9.17, 15) is 39.6 Å². The third-order valence-electron chi connectivity index (χ3n) is 6.83. The third-order valence-corrected chi connectivity index (χ3v) is 8.65. The molecule has 2 aromatic carbocycles. The Morgan fingerprint density at radius 3 is 1.88 bits per heavy atom. The van der Waals surface area contributed by atoms with Crippen LogP contribution in [0.1, 0.15) is 46.2 Å². The molecule has 3 rings (SSSR count). The molecule has 0 radical (unpaired) electrons. The van der Waals surface area contributed by atoms with Crippen molar-refractivity contribution in [3.05, 3.63) is 69.8 Å². The Labute approximate surface area is 273 Å². The van der Waals surface area contributed by atoms with Gasteiger partial charge in [0.1, 0.15) is 0 Å². The molecule has 0 aromatic heterocycles. The second-order valence-corrected chi connectivity index (χ2v) is 16.2. The van der Waals surface area contributed by atoms with Gasteiger partial charge in [0.2, 0.25) is 13.5 Å². The Morgan fingerprint density at radius 2 is 1.42 bits per heavy atom. The van der Waals surface area contributed by atoms with E-state index in [4.69, 9.17) is 73.8 Å². The van der Waals surface area contributed by atoms with Crippen LogP contribution in [0.3, 0.4) is 0 Å². The first-order valence-corrected chi connectivity index (χ1v) is 16.1. The van der Waals surface area contributed by atoms with Crippen LogP contribution in [-0.4, -0.2) is 45.2 Å². The minimum atomic E-state index is -5.08. The number of halogens is 12. The fourth-order valence-electron chi connectivity index (χ4n) is 4.82. The molecule has 1 atom stereocenters. The summed E-state index contributed by atoms with van der Waals surface area (Å²) in [7, 11) is -3.87. The maximum atomic E-state index is 13.3. The molecule has 0 saturated carbocycles. The number of rotatable bonds is 7. The number of benzene rings is 2. The Kier molecular flexibility index (Phi) is 10.8. The summed E-state index contributed by atoms with van der Waals surface area (Å²) in [6, 6.07) is 5.26. The quantitative estimate of drug-likeness (QED) is 0.162. The minimum Gasteiger partial charge on any atom is -0.341 e. The Balaban J connectivity index is 2.00. The second kappa shape index (κ2) is 12.7. The number of carbonyl (C=O) groups excluding carboxylic acids is 1. The summed E-state index contributed by atoms with van der Waals surface area (Å²) in [5, 5.41) is 0. The van der Waals surface area contributed by atoms with Crippen molar-refractivity contribution < 1.29 is 43.7 Å². The summed E-state index contributed by atoms with van der Waals surface area (Å²) < 4.78 is 104. The van der Waals surface area contributed by atoms with Gasteiger partial charge in [-0.15, -0.1) is 0 Å². The zero-order valence-corrected chi connectivity index (χ0v) is 27.1. The van der Waals surface area contributed by atoms with Crippen molar-refractivity contribution >= 4 is 85.6 Å². The number of nitrogens with zero attached hydrogens (tertiary/aromatic N) is 1. The number of hydrogen-bond acceptors (Lipinski definition) is 4. The number of alkyl halides is 12. The molecule has 0 aliphatic carbocycles. The largest absolute Gasteiger partial charge is 0.416 e. The molecule has 1 aliphatic rings. The topological polar surface area (TPSA) is 63.7 Å². The van der Waals surface area contributed by atoms with Crippen LogP contribution in [0.15, 0.2) is 36.4 Å². The summed E-state index contributed by atoms with van der Waals surface area (Å²) in [5.74, 6) is -0.766. The van der Waals surface area contributed by atoms with Gasteiger partial charge in [-0.3, -0.25) is 8.98 Å². The van der Waals surface area contributed by atoms with Crippen LogP contribution in [0.2, 0.25) is 0 Å². The van der Waals surface area contributed by atoms with Gasteiger partial charge in [-0.2, -0.15) is 34.8 Å². The van der Waals surface area contributed by atoms with Gasteiger partial charge in [0.05, 0.1) is 30.4 Å². The lowest BCUT2D eigenvalue weighted by Gasteiger charge is -2.32. The van der Waals surface area contributed by atoms with E-state index in [1.54, 1.807) is 0 Å². The number of amides is 1. The van der Waals surface area contributed by atoms with E-state index in [-0.39, 0.29) is 49.7 Å². The molecule has 1 saturated heterocycles. The molecule has 1 amide bonds. The highest BCUT2D eigenvalue weighted by Crippen LogP contribution is 2.50. The molecule has 5 nitrogen and oxygen atoms in total. The van der Waals surface area contributed by atoms with Gasteiger partial charge >= 0.3 is 12.4 Å². The standard InChI is InChI=1S/C25H21Cl6F6NO4S/c1-43(40,41)42-7-5-21(15-2-3-18(22(26,27)28)19(12-15)23(29,30)31)4-6-38(13-21)20(39)10-14-8-16(24(32,33)34)11-17(9-14)25(35,36)37/h2-3,8-9,11-12H,4-7,10,13H2,1H3/t21-/m1/s1. The number of likely N-dealkylation sites (tertiary alicyclic amines) is 1. The molecule has 0 spiro atoms. The SMILES string of the molecule is CS(=O)(=O)OCC[C@]1(c2ccc(C(Cl)(Cl)Cl)c(C(Cl)(Cl)Cl)c2)CCN(C(=O)Cc2cc(C(F)(F)F)cc(C(F)(F)F)c2)C1. The van der Waals surface area contributed by atoms with Crippen LogP contribution in [-0.2, 0) is 50.9 Å². The van der Waals surface area contributed by atoms with Crippen molar-refractivity contribution in [2.24, 2.45) is 0 Å². The molecule has 1 fully saturated rings. The van der Waals surface area contributed by atoms with E-state index in [0.29, 0.717) is 17.7 Å². The number of hydrogen-bond donors (Lipinski definition) is 0. The zero-order chi connectivity index (χ0) is 32.8. The molecule has 0 bridgehead atoms.